The number of hydrogen-bond donors (Lipinski definition) is 1. The number of benzene rings is 2. The van der Waals surface area contributed by atoms with E-state index in [-0.39, 0.29) is 17.7 Å². The summed E-state index contributed by atoms with van der Waals surface area (Å²) in [6.07, 6.45) is 2.22. The summed E-state index contributed by atoms with van der Waals surface area (Å²) in [5.74, 6) is -0.0899. The zero-order chi connectivity index (χ0) is 21.1. The van der Waals surface area contributed by atoms with E-state index in [0.29, 0.717) is 27.5 Å². The van der Waals surface area contributed by atoms with Crippen molar-refractivity contribution in [2.45, 2.75) is 24.1 Å². The molecule has 0 bridgehead atoms. The van der Waals surface area contributed by atoms with Gasteiger partial charge in [-0.1, -0.05) is 48.6 Å². The van der Waals surface area contributed by atoms with Gasteiger partial charge in [-0.2, -0.15) is 0 Å². The summed E-state index contributed by atoms with van der Waals surface area (Å²) in [5.41, 5.74) is 1.58. The number of hydrogen-bond acceptors (Lipinski definition) is 7. The number of amides is 3. The van der Waals surface area contributed by atoms with Crippen molar-refractivity contribution in [3.63, 3.8) is 0 Å². The maximum atomic E-state index is 12.6. The van der Waals surface area contributed by atoms with Gasteiger partial charge in [0.05, 0.1) is 16.8 Å². The molecular formula is C21H18N4O3S2. The van der Waals surface area contributed by atoms with Crippen LogP contribution in [-0.4, -0.2) is 33.7 Å². The SMILES string of the molecule is CCCCSc1nnc(NC(=O)c2ccc(N3C(=O)c4ccccc4C3=O)cc2)s1. The molecule has 30 heavy (non-hydrogen) atoms. The molecule has 1 aliphatic heterocycles. The number of nitrogens with zero attached hydrogens (tertiary/aromatic N) is 3. The Hall–Kier alpha value is -3.04. The quantitative estimate of drug-likeness (QED) is 0.253. The molecule has 1 aliphatic rings. The summed E-state index contributed by atoms with van der Waals surface area (Å²) in [6.45, 7) is 2.13. The van der Waals surface area contributed by atoms with Crippen molar-refractivity contribution < 1.29 is 14.4 Å². The number of carbonyl (C=O) groups is 3. The zero-order valence-corrected chi connectivity index (χ0v) is 17.8. The number of carbonyl (C=O) groups excluding carboxylic acids is 3. The van der Waals surface area contributed by atoms with E-state index in [1.807, 2.05) is 0 Å². The number of nitrogens with one attached hydrogen (secondary N) is 1. The van der Waals surface area contributed by atoms with Crippen molar-refractivity contribution in [3.05, 3.63) is 65.2 Å². The molecule has 0 radical (unpaired) electrons. The van der Waals surface area contributed by atoms with Gasteiger partial charge in [-0.15, -0.1) is 10.2 Å². The lowest BCUT2D eigenvalue weighted by Gasteiger charge is -2.14. The molecule has 2 heterocycles. The molecule has 152 valence electrons. The smallest absolute Gasteiger partial charge is 0.266 e. The molecule has 7 nitrogen and oxygen atoms in total. The third-order valence-corrected chi connectivity index (χ3v) is 6.59. The van der Waals surface area contributed by atoms with Crippen LogP contribution in [0.5, 0.6) is 0 Å². The largest absolute Gasteiger partial charge is 0.296 e. The third kappa shape index (κ3) is 3.99. The normalized spacial score (nSPS) is 12.9. The minimum atomic E-state index is -0.366. The van der Waals surface area contributed by atoms with E-state index in [1.165, 1.54) is 11.3 Å². The Morgan fingerprint density at radius 2 is 1.70 bits per heavy atom. The molecule has 3 amide bonds. The van der Waals surface area contributed by atoms with Gasteiger partial charge in [0.2, 0.25) is 5.13 Å². The van der Waals surface area contributed by atoms with Crippen LogP contribution in [0.4, 0.5) is 10.8 Å². The van der Waals surface area contributed by atoms with Crippen LogP contribution >= 0.6 is 23.1 Å². The average molecular weight is 439 g/mol. The van der Waals surface area contributed by atoms with E-state index in [0.717, 1.165) is 27.8 Å². The van der Waals surface area contributed by atoms with E-state index >= 15 is 0 Å². The van der Waals surface area contributed by atoms with Gasteiger partial charge in [-0.05, 0) is 42.8 Å². The van der Waals surface area contributed by atoms with Gasteiger partial charge in [0, 0.05) is 11.3 Å². The number of aromatic nitrogens is 2. The number of unbranched alkanes of at least 4 members (excludes halogenated alkanes) is 1. The van der Waals surface area contributed by atoms with Crippen LogP contribution in [0.1, 0.15) is 50.8 Å². The lowest BCUT2D eigenvalue weighted by molar-refractivity contribution is 0.0925. The van der Waals surface area contributed by atoms with Gasteiger partial charge in [0.15, 0.2) is 4.34 Å². The summed E-state index contributed by atoms with van der Waals surface area (Å²) in [4.78, 5) is 38.8. The van der Waals surface area contributed by atoms with Crippen molar-refractivity contribution in [2.24, 2.45) is 0 Å². The second-order valence-electron chi connectivity index (χ2n) is 6.57. The fourth-order valence-corrected chi connectivity index (χ4v) is 4.88. The molecular weight excluding hydrogens is 420 g/mol. The Balaban J connectivity index is 1.43. The van der Waals surface area contributed by atoms with Crippen LogP contribution in [0.2, 0.25) is 0 Å². The first-order valence-corrected chi connectivity index (χ1v) is 11.2. The summed E-state index contributed by atoms with van der Waals surface area (Å²) in [7, 11) is 0. The fraction of sp³-hybridized carbons (Fsp3) is 0.190. The lowest BCUT2D eigenvalue weighted by atomic mass is 10.1. The van der Waals surface area contributed by atoms with E-state index in [1.54, 1.807) is 60.3 Å². The van der Waals surface area contributed by atoms with Crippen molar-refractivity contribution in [3.8, 4) is 0 Å². The Kier molecular flexibility index (Phi) is 5.91. The highest BCUT2D eigenvalue weighted by molar-refractivity contribution is 8.01. The summed E-state index contributed by atoms with van der Waals surface area (Å²) in [5, 5.41) is 11.2. The number of rotatable bonds is 7. The Bertz CT molecular complexity index is 1080. The highest BCUT2D eigenvalue weighted by Crippen LogP contribution is 2.29. The summed E-state index contributed by atoms with van der Waals surface area (Å²) < 4.78 is 0.819. The minimum Gasteiger partial charge on any atom is -0.296 e. The minimum absolute atomic E-state index is 0.329. The monoisotopic (exact) mass is 438 g/mol. The first-order chi connectivity index (χ1) is 14.6. The average Bonchev–Trinajstić information content (AvgIpc) is 3.31. The van der Waals surface area contributed by atoms with E-state index in [9.17, 15) is 14.4 Å². The molecule has 9 heteroatoms. The number of fused-ring (bicyclic) bond motifs is 1. The van der Waals surface area contributed by atoms with Gasteiger partial charge in [-0.25, -0.2) is 4.90 Å². The first-order valence-electron chi connectivity index (χ1n) is 9.44. The molecule has 1 N–H and O–H groups in total. The number of imide groups is 1. The predicted octanol–water partition coefficient (Wildman–Crippen LogP) is 4.48. The maximum absolute atomic E-state index is 12.6. The summed E-state index contributed by atoms with van der Waals surface area (Å²) >= 11 is 2.96. The van der Waals surface area contributed by atoms with Gasteiger partial charge >= 0.3 is 0 Å². The molecule has 2 aromatic carbocycles. The van der Waals surface area contributed by atoms with Crippen LogP contribution < -0.4 is 10.2 Å². The molecule has 0 aliphatic carbocycles. The van der Waals surface area contributed by atoms with Crippen molar-refractivity contribution in [2.75, 3.05) is 16.0 Å². The van der Waals surface area contributed by atoms with Crippen molar-refractivity contribution >= 4 is 51.6 Å². The second-order valence-corrected chi connectivity index (χ2v) is 8.89. The van der Waals surface area contributed by atoms with Crippen molar-refractivity contribution in [1.29, 1.82) is 0 Å². The van der Waals surface area contributed by atoms with E-state index < -0.39 is 0 Å². The van der Waals surface area contributed by atoms with E-state index in [4.69, 9.17) is 0 Å². The molecule has 4 rings (SSSR count). The maximum Gasteiger partial charge on any atom is 0.266 e. The Labute approximate surface area is 181 Å². The lowest BCUT2D eigenvalue weighted by Crippen LogP contribution is -2.29. The van der Waals surface area contributed by atoms with Crippen LogP contribution in [-0.2, 0) is 0 Å². The number of anilines is 2. The van der Waals surface area contributed by atoms with Crippen LogP contribution in [0.3, 0.4) is 0 Å². The molecule has 1 aromatic heterocycles. The second kappa shape index (κ2) is 8.76. The van der Waals surface area contributed by atoms with E-state index in [2.05, 4.69) is 22.4 Å². The predicted molar refractivity (Wildman–Crippen MR) is 118 cm³/mol. The van der Waals surface area contributed by atoms with Crippen LogP contribution in [0.15, 0.2) is 52.9 Å². The van der Waals surface area contributed by atoms with Gasteiger partial charge in [0.1, 0.15) is 0 Å². The highest BCUT2D eigenvalue weighted by Gasteiger charge is 2.36. The van der Waals surface area contributed by atoms with Crippen molar-refractivity contribution in [1.82, 2.24) is 10.2 Å². The zero-order valence-electron chi connectivity index (χ0n) is 16.1. The Morgan fingerprint density at radius 1 is 1.03 bits per heavy atom. The highest BCUT2D eigenvalue weighted by atomic mass is 32.2. The molecule has 0 saturated heterocycles. The van der Waals surface area contributed by atoms with Gasteiger partial charge in [0.25, 0.3) is 17.7 Å². The molecule has 3 aromatic rings. The Morgan fingerprint density at radius 3 is 2.33 bits per heavy atom. The molecule has 0 unspecified atom stereocenters. The van der Waals surface area contributed by atoms with Crippen LogP contribution in [0.25, 0.3) is 0 Å². The first kappa shape index (κ1) is 20.2. The van der Waals surface area contributed by atoms with Gasteiger partial charge in [-0.3, -0.25) is 19.7 Å². The third-order valence-electron chi connectivity index (χ3n) is 4.53. The van der Waals surface area contributed by atoms with Crippen LogP contribution in [0, 0.1) is 0 Å². The fourth-order valence-electron chi connectivity index (χ4n) is 2.98. The number of thioether (sulfide) groups is 1. The van der Waals surface area contributed by atoms with Gasteiger partial charge < -0.3 is 0 Å². The molecule has 0 atom stereocenters. The molecule has 0 spiro atoms. The standard InChI is InChI=1S/C21H18N4O3S2/c1-2-3-12-29-21-24-23-20(30-21)22-17(26)13-8-10-14(11-9-13)25-18(27)15-6-4-5-7-16(15)19(25)28/h4-11H,2-3,12H2,1H3,(H,22,23,26). The molecule has 0 fully saturated rings. The topological polar surface area (TPSA) is 92.3 Å². The molecule has 0 saturated carbocycles. The summed E-state index contributed by atoms with van der Waals surface area (Å²) in [6, 6.07) is 13.0.